The second-order valence-electron chi connectivity index (χ2n) is 3.57. The van der Waals surface area contributed by atoms with Crippen LogP contribution in [-0.4, -0.2) is 47.1 Å². The number of carboxylic acid groups (broad SMARTS) is 1. The Balaban J connectivity index is 2.22. The molecule has 6 heteroatoms. The molecule has 0 aromatic carbocycles. The SMILES string of the molecule is CN1CCN(c2ccc(C(=O)O)cn2)C1=O. The van der Waals surface area contributed by atoms with Gasteiger partial charge in [-0.3, -0.25) is 4.90 Å². The minimum Gasteiger partial charge on any atom is -0.478 e. The van der Waals surface area contributed by atoms with E-state index in [1.807, 2.05) is 0 Å². The quantitative estimate of drug-likeness (QED) is 0.795. The van der Waals surface area contributed by atoms with Gasteiger partial charge in [-0.15, -0.1) is 0 Å². The second-order valence-corrected chi connectivity index (χ2v) is 3.57. The van der Waals surface area contributed by atoms with Crippen LogP contribution >= 0.6 is 0 Å². The van der Waals surface area contributed by atoms with Crippen LogP contribution in [0.1, 0.15) is 10.4 Å². The molecule has 2 heterocycles. The summed E-state index contributed by atoms with van der Waals surface area (Å²) in [5.41, 5.74) is 0.115. The number of carbonyl (C=O) groups is 2. The first-order valence-electron chi connectivity index (χ1n) is 4.81. The van der Waals surface area contributed by atoms with E-state index in [-0.39, 0.29) is 11.6 Å². The largest absolute Gasteiger partial charge is 0.478 e. The molecule has 1 fully saturated rings. The Kier molecular flexibility index (Phi) is 2.47. The summed E-state index contributed by atoms with van der Waals surface area (Å²) in [6.07, 6.45) is 1.25. The Morgan fingerprint density at radius 1 is 1.44 bits per heavy atom. The Morgan fingerprint density at radius 2 is 2.19 bits per heavy atom. The molecule has 0 spiro atoms. The zero-order valence-corrected chi connectivity index (χ0v) is 8.75. The number of amides is 2. The number of urea groups is 1. The number of hydrogen-bond donors (Lipinski definition) is 1. The molecule has 1 aliphatic rings. The highest BCUT2D eigenvalue weighted by Crippen LogP contribution is 2.16. The summed E-state index contributed by atoms with van der Waals surface area (Å²) < 4.78 is 0. The number of anilines is 1. The summed E-state index contributed by atoms with van der Waals surface area (Å²) >= 11 is 0. The van der Waals surface area contributed by atoms with Crippen molar-refractivity contribution < 1.29 is 14.7 Å². The lowest BCUT2D eigenvalue weighted by atomic mass is 10.3. The molecule has 2 amide bonds. The van der Waals surface area contributed by atoms with E-state index in [4.69, 9.17) is 5.11 Å². The van der Waals surface area contributed by atoms with Gasteiger partial charge < -0.3 is 10.0 Å². The maximum atomic E-state index is 11.6. The minimum atomic E-state index is -1.02. The van der Waals surface area contributed by atoms with Crippen molar-refractivity contribution in [1.29, 1.82) is 0 Å². The summed E-state index contributed by atoms with van der Waals surface area (Å²) in [7, 11) is 1.72. The number of carboxylic acids is 1. The van der Waals surface area contributed by atoms with E-state index < -0.39 is 5.97 Å². The van der Waals surface area contributed by atoms with Gasteiger partial charge in [-0.1, -0.05) is 0 Å². The smallest absolute Gasteiger partial charge is 0.337 e. The number of rotatable bonds is 2. The summed E-state index contributed by atoms with van der Waals surface area (Å²) in [4.78, 5) is 29.3. The van der Waals surface area contributed by atoms with E-state index in [0.29, 0.717) is 18.9 Å². The Bertz CT molecular complexity index is 429. The monoisotopic (exact) mass is 221 g/mol. The lowest BCUT2D eigenvalue weighted by Gasteiger charge is -2.14. The number of carbonyl (C=O) groups excluding carboxylic acids is 1. The molecular formula is C10H11N3O3. The number of hydrogen-bond acceptors (Lipinski definition) is 3. The molecule has 1 aromatic rings. The van der Waals surface area contributed by atoms with E-state index in [1.54, 1.807) is 18.0 Å². The predicted molar refractivity (Wildman–Crippen MR) is 56.6 cm³/mol. The van der Waals surface area contributed by atoms with Gasteiger partial charge in [0.15, 0.2) is 0 Å². The highest BCUT2D eigenvalue weighted by molar-refractivity contribution is 5.93. The molecule has 1 saturated heterocycles. The van der Waals surface area contributed by atoms with Crippen molar-refractivity contribution in [3.63, 3.8) is 0 Å². The van der Waals surface area contributed by atoms with Crippen molar-refractivity contribution in [3.8, 4) is 0 Å². The Morgan fingerprint density at radius 3 is 2.62 bits per heavy atom. The van der Waals surface area contributed by atoms with Gasteiger partial charge in [-0.05, 0) is 12.1 Å². The standard InChI is InChI=1S/C10H11N3O3/c1-12-4-5-13(10(12)16)8-3-2-7(6-11-8)9(14)15/h2-3,6H,4-5H2,1H3,(H,14,15). The lowest BCUT2D eigenvalue weighted by Crippen LogP contribution is -2.29. The van der Waals surface area contributed by atoms with Crippen LogP contribution < -0.4 is 4.90 Å². The highest BCUT2D eigenvalue weighted by Gasteiger charge is 2.27. The van der Waals surface area contributed by atoms with Crippen LogP contribution in [0.5, 0.6) is 0 Å². The fraction of sp³-hybridized carbons (Fsp3) is 0.300. The summed E-state index contributed by atoms with van der Waals surface area (Å²) in [5.74, 6) is -0.539. The molecular weight excluding hydrogens is 210 g/mol. The van der Waals surface area contributed by atoms with E-state index in [9.17, 15) is 9.59 Å². The number of aromatic nitrogens is 1. The molecule has 0 atom stereocenters. The van der Waals surface area contributed by atoms with Gasteiger partial charge in [-0.2, -0.15) is 0 Å². The van der Waals surface area contributed by atoms with E-state index in [0.717, 1.165) is 0 Å². The topological polar surface area (TPSA) is 73.7 Å². The predicted octanol–water partition coefficient (Wildman–Crippen LogP) is 0.652. The zero-order valence-electron chi connectivity index (χ0n) is 8.75. The molecule has 0 unspecified atom stereocenters. The van der Waals surface area contributed by atoms with Crippen molar-refractivity contribution in [2.75, 3.05) is 25.0 Å². The molecule has 2 rings (SSSR count). The number of aromatic carboxylic acids is 1. The van der Waals surface area contributed by atoms with Gasteiger partial charge in [0, 0.05) is 26.3 Å². The van der Waals surface area contributed by atoms with Gasteiger partial charge in [0.05, 0.1) is 5.56 Å². The summed E-state index contributed by atoms with van der Waals surface area (Å²) in [5, 5.41) is 8.71. The van der Waals surface area contributed by atoms with Crippen molar-refractivity contribution in [2.24, 2.45) is 0 Å². The van der Waals surface area contributed by atoms with Crippen LogP contribution in [0.15, 0.2) is 18.3 Å². The van der Waals surface area contributed by atoms with Gasteiger partial charge in [0.1, 0.15) is 5.82 Å². The third-order valence-electron chi connectivity index (χ3n) is 2.49. The first-order chi connectivity index (χ1) is 7.59. The maximum absolute atomic E-state index is 11.6. The van der Waals surface area contributed by atoms with Crippen LogP contribution in [0.2, 0.25) is 0 Å². The number of pyridine rings is 1. The third-order valence-corrected chi connectivity index (χ3v) is 2.49. The molecule has 0 radical (unpaired) electrons. The molecule has 0 aliphatic carbocycles. The normalized spacial score (nSPS) is 15.7. The Labute approximate surface area is 92.1 Å². The van der Waals surface area contributed by atoms with E-state index >= 15 is 0 Å². The molecule has 6 nitrogen and oxygen atoms in total. The summed E-state index contributed by atoms with van der Waals surface area (Å²) in [6.45, 7) is 1.23. The lowest BCUT2D eigenvalue weighted by molar-refractivity contribution is 0.0696. The van der Waals surface area contributed by atoms with E-state index in [1.165, 1.54) is 17.2 Å². The molecule has 16 heavy (non-hydrogen) atoms. The molecule has 0 bridgehead atoms. The average molecular weight is 221 g/mol. The fourth-order valence-electron chi connectivity index (χ4n) is 1.53. The van der Waals surface area contributed by atoms with Gasteiger partial charge in [-0.25, -0.2) is 14.6 Å². The summed E-state index contributed by atoms with van der Waals surface area (Å²) in [6, 6.07) is 2.87. The van der Waals surface area contributed by atoms with Gasteiger partial charge >= 0.3 is 12.0 Å². The minimum absolute atomic E-state index is 0.115. The number of likely N-dealkylation sites (N-methyl/N-ethyl adjacent to an activating group) is 1. The van der Waals surface area contributed by atoms with Crippen molar-refractivity contribution in [3.05, 3.63) is 23.9 Å². The molecule has 1 aliphatic heterocycles. The molecule has 84 valence electrons. The second kappa shape index (κ2) is 3.80. The average Bonchev–Trinajstić information content (AvgIpc) is 2.60. The first-order valence-corrected chi connectivity index (χ1v) is 4.81. The molecule has 0 saturated carbocycles. The van der Waals surface area contributed by atoms with Crippen LogP contribution in [0.25, 0.3) is 0 Å². The third kappa shape index (κ3) is 1.69. The van der Waals surface area contributed by atoms with Gasteiger partial charge in [0.25, 0.3) is 0 Å². The first kappa shape index (κ1) is 10.4. The van der Waals surface area contributed by atoms with Crippen LogP contribution in [-0.2, 0) is 0 Å². The van der Waals surface area contributed by atoms with Crippen LogP contribution in [0.3, 0.4) is 0 Å². The van der Waals surface area contributed by atoms with Crippen molar-refractivity contribution in [1.82, 2.24) is 9.88 Å². The zero-order chi connectivity index (χ0) is 11.7. The van der Waals surface area contributed by atoms with Crippen molar-refractivity contribution >= 4 is 17.8 Å². The fourth-order valence-corrected chi connectivity index (χ4v) is 1.53. The van der Waals surface area contributed by atoms with Crippen LogP contribution in [0, 0.1) is 0 Å². The van der Waals surface area contributed by atoms with Crippen molar-refractivity contribution in [2.45, 2.75) is 0 Å². The van der Waals surface area contributed by atoms with Crippen LogP contribution in [0.4, 0.5) is 10.6 Å². The number of nitrogens with zero attached hydrogens (tertiary/aromatic N) is 3. The maximum Gasteiger partial charge on any atom is 0.337 e. The van der Waals surface area contributed by atoms with Gasteiger partial charge in [0.2, 0.25) is 0 Å². The highest BCUT2D eigenvalue weighted by atomic mass is 16.4. The molecule has 1 N–H and O–H groups in total. The molecule has 1 aromatic heterocycles. The van der Waals surface area contributed by atoms with E-state index in [2.05, 4.69) is 4.98 Å². The Hall–Kier alpha value is -2.11.